The fraction of sp³-hybridized carbons (Fsp3) is 0.304. The Morgan fingerprint density at radius 3 is 2.64 bits per heavy atom. The molecule has 0 radical (unpaired) electrons. The van der Waals surface area contributed by atoms with Crippen molar-refractivity contribution in [2.24, 2.45) is 0 Å². The second-order valence-electron chi connectivity index (χ2n) is 7.42. The molecule has 0 spiro atoms. The van der Waals surface area contributed by atoms with Crippen molar-refractivity contribution in [2.75, 3.05) is 30.8 Å². The molecular formula is C23H27N5. The number of rotatable bonds is 5. The molecule has 2 heterocycles. The van der Waals surface area contributed by atoms with Gasteiger partial charge < -0.3 is 21.4 Å². The molecule has 1 saturated heterocycles. The van der Waals surface area contributed by atoms with Gasteiger partial charge in [-0.1, -0.05) is 6.07 Å². The van der Waals surface area contributed by atoms with Crippen molar-refractivity contribution in [3.8, 4) is 11.1 Å². The third-order valence-corrected chi connectivity index (χ3v) is 5.48. The first-order valence-electron chi connectivity index (χ1n) is 9.88. The number of benzene rings is 2. The molecule has 144 valence electrons. The second kappa shape index (κ2) is 7.98. The van der Waals surface area contributed by atoms with Crippen molar-refractivity contribution in [3.63, 3.8) is 0 Å². The standard InChI is InChI=1S/C23H27N5/c1-15(24)20-12-16(3-4-22(20)25-2)18-11-17-5-8-27-14-21(17)23(13-18)28-19-6-9-26-10-7-19/h3-5,8,11-14,19,24-26,28H,6-7,9-10H2,1-2H3. The van der Waals surface area contributed by atoms with Crippen LogP contribution in [0.5, 0.6) is 0 Å². The zero-order valence-corrected chi connectivity index (χ0v) is 16.5. The van der Waals surface area contributed by atoms with E-state index in [1.165, 1.54) is 5.39 Å². The number of pyridine rings is 1. The maximum atomic E-state index is 8.12. The molecule has 1 aromatic heterocycles. The van der Waals surface area contributed by atoms with Gasteiger partial charge in [-0.15, -0.1) is 0 Å². The first-order valence-corrected chi connectivity index (χ1v) is 9.88. The smallest absolute Gasteiger partial charge is 0.0443 e. The van der Waals surface area contributed by atoms with Crippen LogP contribution in [0.25, 0.3) is 21.9 Å². The number of hydrogen-bond acceptors (Lipinski definition) is 5. The molecule has 1 aliphatic rings. The average molecular weight is 374 g/mol. The molecule has 0 atom stereocenters. The number of piperidine rings is 1. The van der Waals surface area contributed by atoms with Gasteiger partial charge in [0.1, 0.15) is 0 Å². The minimum atomic E-state index is 0.478. The molecule has 5 heteroatoms. The summed E-state index contributed by atoms with van der Waals surface area (Å²) >= 11 is 0. The average Bonchev–Trinajstić information content (AvgIpc) is 2.74. The summed E-state index contributed by atoms with van der Waals surface area (Å²) in [5.41, 5.74) is 5.88. The SMILES string of the molecule is CNc1ccc(-c2cc(NC3CCNCC3)c3cnccc3c2)cc1C(C)=N. The first-order chi connectivity index (χ1) is 13.7. The van der Waals surface area contributed by atoms with Gasteiger partial charge in [0.25, 0.3) is 0 Å². The molecule has 4 rings (SSSR count). The van der Waals surface area contributed by atoms with Crippen LogP contribution < -0.4 is 16.0 Å². The maximum Gasteiger partial charge on any atom is 0.0443 e. The second-order valence-corrected chi connectivity index (χ2v) is 7.42. The molecular weight excluding hydrogens is 346 g/mol. The van der Waals surface area contributed by atoms with E-state index in [-0.39, 0.29) is 0 Å². The summed E-state index contributed by atoms with van der Waals surface area (Å²) in [7, 11) is 1.89. The van der Waals surface area contributed by atoms with E-state index < -0.39 is 0 Å². The fourth-order valence-electron chi connectivity index (χ4n) is 3.92. The Labute approximate surface area is 166 Å². The summed E-state index contributed by atoms with van der Waals surface area (Å²) in [6, 6.07) is 13.3. The van der Waals surface area contributed by atoms with Gasteiger partial charge in [0.2, 0.25) is 0 Å². The van der Waals surface area contributed by atoms with Gasteiger partial charge in [0, 0.05) is 53.5 Å². The normalized spacial score (nSPS) is 14.8. The molecule has 5 nitrogen and oxygen atoms in total. The van der Waals surface area contributed by atoms with Crippen LogP contribution in [0.1, 0.15) is 25.3 Å². The van der Waals surface area contributed by atoms with E-state index in [0.29, 0.717) is 11.8 Å². The molecule has 4 N–H and O–H groups in total. The van der Waals surface area contributed by atoms with E-state index in [0.717, 1.165) is 59.4 Å². The predicted molar refractivity (Wildman–Crippen MR) is 119 cm³/mol. The quantitative estimate of drug-likeness (QED) is 0.497. The van der Waals surface area contributed by atoms with Crippen LogP contribution >= 0.6 is 0 Å². The molecule has 0 unspecified atom stereocenters. The number of fused-ring (bicyclic) bond motifs is 1. The Balaban J connectivity index is 1.79. The number of hydrogen-bond donors (Lipinski definition) is 4. The van der Waals surface area contributed by atoms with Crippen LogP contribution in [-0.2, 0) is 0 Å². The topological polar surface area (TPSA) is 72.8 Å². The van der Waals surface area contributed by atoms with Crippen molar-refractivity contribution >= 4 is 27.9 Å². The molecule has 0 bridgehead atoms. The van der Waals surface area contributed by atoms with Crippen molar-refractivity contribution in [1.82, 2.24) is 10.3 Å². The molecule has 1 fully saturated rings. The summed E-state index contributed by atoms with van der Waals surface area (Å²) in [4.78, 5) is 4.34. The lowest BCUT2D eigenvalue weighted by molar-refractivity contribution is 0.479. The van der Waals surface area contributed by atoms with Gasteiger partial charge in [-0.05, 0) is 79.7 Å². The summed E-state index contributed by atoms with van der Waals surface area (Å²) < 4.78 is 0. The lowest BCUT2D eigenvalue weighted by Gasteiger charge is -2.25. The molecule has 1 aliphatic heterocycles. The van der Waals surface area contributed by atoms with E-state index in [1.807, 2.05) is 26.4 Å². The summed E-state index contributed by atoms with van der Waals surface area (Å²) in [6.45, 7) is 3.94. The van der Waals surface area contributed by atoms with Gasteiger partial charge >= 0.3 is 0 Å². The summed E-state index contributed by atoms with van der Waals surface area (Å²) in [6.07, 6.45) is 6.04. The summed E-state index contributed by atoms with van der Waals surface area (Å²) in [5.74, 6) is 0. The van der Waals surface area contributed by atoms with E-state index in [4.69, 9.17) is 5.41 Å². The van der Waals surface area contributed by atoms with Crippen LogP contribution in [-0.4, -0.2) is 36.9 Å². The molecule has 0 aliphatic carbocycles. The Hall–Kier alpha value is -2.92. The Morgan fingerprint density at radius 2 is 1.89 bits per heavy atom. The largest absolute Gasteiger partial charge is 0.388 e. The van der Waals surface area contributed by atoms with E-state index in [2.05, 4.69) is 57.3 Å². The molecule has 2 aromatic carbocycles. The number of aromatic nitrogens is 1. The number of nitrogens with one attached hydrogen (secondary N) is 4. The number of nitrogens with zero attached hydrogens (tertiary/aromatic N) is 1. The van der Waals surface area contributed by atoms with E-state index in [9.17, 15) is 0 Å². The number of anilines is 2. The lowest BCUT2D eigenvalue weighted by Crippen LogP contribution is -2.35. The minimum absolute atomic E-state index is 0.478. The fourth-order valence-corrected chi connectivity index (χ4v) is 3.92. The zero-order chi connectivity index (χ0) is 19.5. The molecule has 28 heavy (non-hydrogen) atoms. The van der Waals surface area contributed by atoms with Gasteiger partial charge in [0.15, 0.2) is 0 Å². The zero-order valence-electron chi connectivity index (χ0n) is 16.5. The van der Waals surface area contributed by atoms with Gasteiger partial charge in [-0.25, -0.2) is 0 Å². The highest BCUT2D eigenvalue weighted by Gasteiger charge is 2.15. The Kier molecular flexibility index (Phi) is 5.26. The summed E-state index contributed by atoms with van der Waals surface area (Å²) in [5, 5.41) is 20.8. The van der Waals surface area contributed by atoms with Crippen molar-refractivity contribution in [1.29, 1.82) is 5.41 Å². The third-order valence-electron chi connectivity index (χ3n) is 5.48. The Morgan fingerprint density at radius 1 is 1.07 bits per heavy atom. The minimum Gasteiger partial charge on any atom is -0.388 e. The van der Waals surface area contributed by atoms with Crippen molar-refractivity contribution in [2.45, 2.75) is 25.8 Å². The maximum absolute atomic E-state index is 8.12. The monoisotopic (exact) mass is 373 g/mol. The predicted octanol–water partition coefficient (Wildman–Crippen LogP) is 4.50. The van der Waals surface area contributed by atoms with Gasteiger partial charge in [0.05, 0.1) is 0 Å². The van der Waals surface area contributed by atoms with Crippen LogP contribution in [0.4, 0.5) is 11.4 Å². The van der Waals surface area contributed by atoms with Gasteiger partial charge in [-0.3, -0.25) is 4.98 Å². The third kappa shape index (κ3) is 3.71. The molecule has 0 amide bonds. The van der Waals surface area contributed by atoms with Crippen molar-refractivity contribution < 1.29 is 0 Å². The van der Waals surface area contributed by atoms with E-state index >= 15 is 0 Å². The Bertz CT molecular complexity index is 1010. The first kappa shape index (κ1) is 18.4. The van der Waals surface area contributed by atoms with E-state index in [1.54, 1.807) is 0 Å². The lowest BCUT2D eigenvalue weighted by atomic mass is 9.96. The highest BCUT2D eigenvalue weighted by molar-refractivity contribution is 6.03. The highest BCUT2D eigenvalue weighted by Crippen LogP contribution is 2.33. The molecule has 3 aromatic rings. The van der Waals surface area contributed by atoms with Crippen LogP contribution in [0, 0.1) is 5.41 Å². The van der Waals surface area contributed by atoms with Crippen LogP contribution in [0.2, 0.25) is 0 Å². The van der Waals surface area contributed by atoms with Gasteiger partial charge in [-0.2, -0.15) is 0 Å². The van der Waals surface area contributed by atoms with Crippen molar-refractivity contribution in [3.05, 3.63) is 54.4 Å². The van der Waals surface area contributed by atoms with Crippen LogP contribution in [0.3, 0.4) is 0 Å². The van der Waals surface area contributed by atoms with Crippen LogP contribution in [0.15, 0.2) is 48.8 Å². The molecule has 0 saturated carbocycles. The highest BCUT2D eigenvalue weighted by atomic mass is 15.0.